The second kappa shape index (κ2) is 9.49. The topological polar surface area (TPSA) is 72.2 Å². The number of aromatic nitrogens is 3. The number of nitrogens with zero attached hydrogens (tertiary/aromatic N) is 5. The number of carbonyl (C=O) groups is 1. The van der Waals surface area contributed by atoms with Crippen molar-refractivity contribution in [1.82, 2.24) is 19.5 Å². The summed E-state index contributed by atoms with van der Waals surface area (Å²) >= 11 is 0. The number of fused-ring (bicyclic) bond motifs is 1. The molecule has 2 aliphatic rings. The van der Waals surface area contributed by atoms with Crippen LogP contribution in [0.2, 0.25) is 0 Å². The summed E-state index contributed by atoms with van der Waals surface area (Å²) < 4.78 is 14.1. The van der Waals surface area contributed by atoms with Gasteiger partial charge in [0.2, 0.25) is 5.88 Å². The van der Waals surface area contributed by atoms with Gasteiger partial charge in [-0.15, -0.1) is 5.10 Å². The Morgan fingerprint density at radius 3 is 2.63 bits per heavy atom. The molecule has 1 saturated carbocycles. The molecule has 0 bridgehead atoms. The van der Waals surface area contributed by atoms with Crippen LogP contribution in [0.3, 0.4) is 0 Å². The Bertz CT molecular complexity index is 1180. The van der Waals surface area contributed by atoms with E-state index in [9.17, 15) is 4.79 Å². The Balaban J connectivity index is 1.57. The highest BCUT2D eigenvalue weighted by atomic mass is 16.6. The summed E-state index contributed by atoms with van der Waals surface area (Å²) in [6.45, 7) is 7.92. The molecule has 1 amide bonds. The molecule has 8 heteroatoms. The number of benzene rings is 1. The maximum absolute atomic E-state index is 13.5. The van der Waals surface area contributed by atoms with Gasteiger partial charge < -0.3 is 14.4 Å². The molecular weight excluding hydrogens is 442 g/mol. The molecule has 0 radical (unpaired) electrons. The number of ether oxygens (including phenoxy) is 2. The van der Waals surface area contributed by atoms with Gasteiger partial charge in [-0.25, -0.2) is 14.3 Å². The summed E-state index contributed by atoms with van der Waals surface area (Å²) in [5.41, 5.74) is 2.72. The highest BCUT2D eigenvalue weighted by Gasteiger charge is 2.32. The average Bonchev–Trinajstić information content (AvgIpc) is 3.55. The minimum atomic E-state index is -0.629. The van der Waals surface area contributed by atoms with Gasteiger partial charge in [-0.1, -0.05) is 30.3 Å². The van der Waals surface area contributed by atoms with E-state index in [0.29, 0.717) is 29.7 Å². The van der Waals surface area contributed by atoms with E-state index >= 15 is 0 Å². The Labute approximate surface area is 206 Å². The lowest BCUT2D eigenvalue weighted by molar-refractivity contribution is 0.0577. The third-order valence-corrected chi connectivity index (χ3v) is 6.40. The van der Waals surface area contributed by atoms with E-state index in [1.165, 1.54) is 0 Å². The molecule has 35 heavy (non-hydrogen) atoms. The van der Waals surface area contributed by atoms with Crippen LogP contribution in [0.5, 0.6) is 5.88 Å². The first-order valence-corrected chi connectivity index (χ1v) is 12.5. The van der Waals surface area contributed by atoms with Crippen LogP contribution >= 0.6 is 0 Å². The average molecular weight is 478 g/mol. The van der Waals surface area contributed by atoms with Gasteiger partial charge in [0, 0.05) is 18.5 Å². The number of hydrogen-bond acceptors (Lipinski definition) is 6. The van der Waals surface area contributed by atoms with Gasteiger partial charge in [-0.05, 0) is 65.6 Å². The van der Waals surface area contributed by atoms with E-state index in [4.69, 9.17) is 19.6 Å². The molecule has 8 nitrogen and oxygen atoms in total. The van der Waals surface area contributed by atoms with Gasteiger partial charge in [0.15, 0.2) is 5.65 Å². The normalized spacial score (nSPS) is 19.0. The van der Waals surface area contributed by atoms with E-state index in [1.54, 1.807) is 4.90 Å². The minimum absolute atomic E-state index is 0.0588. The number of anilines is 1. The Morgan fingerprint density at radius 2 is 1.94 bits per heavy atom. The zero-order valence-electron chi connectivity index (χ0n) is 21.1. The highest BCUT2D eigenvalue weighted by molar-refractivity contribution is 5.92. The van der Waals surface area contributed by atoms with E-state index in [0.717, 1.165) is 50.0 Å². The smallest absolute Gasteiger partial charge is 0.415 e. The summed E-state index contributed by atoms with van der Waals surface area (Å²) in [4.78, 5) is 22.1. The molecule has 1 unspecified atom stereocenters. The van der Waals surface area contributed by atoms with Crippen molar-refractivity contribution >= 4 is 17.4 Å². The van der Waals surface area contributed by atoms with E-state index in [-0.39, 0.29) is 6.10 Å². The van der Waals surface area contributed by atoms with Crippen LogP contribution in [0.25, 0.3) is 5.65 Å². The molecular formula is C27H35N5O3. The van der Waals surface area contributed by atoms with Crippen LogP contribution in [0, 0.1) is 0 Å². The largest absolute Gasteiger partial charge is 0.472 e. The van der Waals surface area contributed by atoms with Gasteiger partial charge in [-0.2, -0.15) is 0 Å². The molecule has 0 N–H and O–H groups in total. The first-order chi connectivity index (χ1) is 16.8. The summed E-state index contributed by atoms with van der Waals surface area (Å²) in [5, 5.41) is 4.83. The fraction of sp³-hybridized carbons (Fsp3) is 0.519. The second-order valence-electron chi connectivity index (χ2n) is 10.8. The first-order valence-electron chi connectivity index (χ1n) is 12.5. The number of likely N-dealkylation sites (tertiary alicyclic amines) is 1. The van der Waals surface area contributed by atoms with Crippen LogP contribution in [0.15, 0.2) is 42.6 Å². The molecule has 2 fully saturated rings. The van der Waals surface area contributed by atoms with Crippen molar-refractivity contribution in [3.05, 3.63) is 53.9 Å². The summed E-state index contributed by atoms with van der Waals surface area (Å²) in [6, 6.07) is 11.8. The molecule has 3 aromatic rings. The molecule has 186 valence electrons. The molecule has 1 saturated heterocycles. The molecule has 1 aliphatic carbocycles. The minimum Gasteiger partial charge on any atom is -0.472 e. The molecule has 1 aromatic carbocycles. The Kier molecular flexibility index (Phi) is 6.40. The lowest BCUT2D eigenvalue weighted by Crippen LogP contribution is -2.39. The van der Waals surface area contributed by atoms with Gasteiger partial charge in [0.25, 0.3) is 0 Å². The third-order valence-electron chi connectivity index (χ3n) is 6.40. The predicted octanol–water partition coefficient (Wildman–Crippen LogP) is 5.02. The van der Waals surface area contributed by atoms with Crippen molar-refractivity contribution in [2.45, 2.75) is 70.6 Å². The van der Waals surface area contributed by atoms with E-state index < -0.39 is 11.7 Å². The first kappa shape index (κ1) is 23.6. The summed E-state index contributed by atoms with van der Waals surface area (Å²) in [5.74, 6) is 0.958. The van der Waals surface area contributed by atoms with Crippen molar-refractivity contribution in [3.8, 4) is 5.88 Å². The van der Waals surface area contributed by atoms with Crippen molar-refractivity contribution in [2.24, 2.45) is 0 Å². The maximum Gasteiger partial charge on any atom is 0.415 e. The lowest BCUT2D eigenvalue weighted by Gasteiger charge is -2.30. The van der Waals surface area contributed by atoms with Crippen molar-refractivity contribution in [3.63, 3.8) is 0 Å². The zero-order chi connectivity index (χ0) is 24.6. The molecule has 1 atom stereocenters. The molecule has 2 aromatic heterocycles. The monoisotopic (exact) mass is 477 g/mol. The van der Waals surface area contributed by atoms with Crippen molar-refractivity contribution < 1.29 is 14.3 Å². The number of carbonyl (C=O) groups excluding carboxylic acids is 1. The van der Waals surface area contributed by atoms with Gasteiger partial charge in [-0.3, -0.25) is 4.90 Å². The standard InChI is InChI=1S/C27H35N5O3/c1-27(2,3)35-26(33)31(17-19-9-6-5-7-10-19)22-15-24(34-21-11-8-14-30(4)18-21)29-32-23(20-12-13-20)16-28-25(22)32/h5-7,9-10,15-16,20-21H,8,11-14,17-18H2,1-4H3. The number of amides is 1. The van der Waals surface area contributed by atoms with Crippen molar-refractivity contribution in [1.29, 1.82) is 0 Å². The molecule has 5 rings (SSSR count). The van der Waals surface area contributed by atoms with Gasteiger partial charge in [0.1, 0.15) is 11.7 Å². The number of hydrogen-bond donors (Lipinski definition) is 0. The predicted molar refractivity (Wildman–Crippen MR) is 135 cm³/mol. The van der Waals surface area contributed by atoms with E-state index in [2.05, 4.69) is 11.9 Å². The highest BCUT2D eigenvalue weighted by Crippen LogP contribution is 2.41. The number of rotatable bonds is 6. The molecule has 0 spiro atoms. The Morgan fingerprint density at radius 1 is 1.17 bits per heavy atom. The lowest BCUT2D eigenvalue weighted by atomic mass is 10.1. The van der Waals surface area contributed by atoms with Gasteiger partial charge in [0.05, 0.1) is 24.1 Å². The van der Waals surface area contributed by atoms with Gasteiger partial charge >= 0.3 is 6.09 Å². The number of likely N-dealkylation sites (N-methyl/N-ethyl adjacent to an activating group) is 1. The fourth-order valence-electron chi connectivity index (χ4n) is 4.58. The second-order valence-corrected chi connectivity index (χ2v) is 10.8. The van der Waals surface area contributed by atoms with Crippen LogP contribution in [-0.4, -0.2) is 57.4 Å². The zero-order valence-corrected chi connectivity index (χ0v) is 21.1. The van der Waals surface area contributed by atoms with E-state index in [1.807, 2.05) is 67.9 Å². The summed E-state index contributed by atoms with van der Waals surface area (Å²) in [7, 11) is 2.11. The number of piperidine rings is 1. The molecule has 1 aliphatic heterocycles. The quantitative estimate of drug-likeness (QED) is 0.496. The van der Waals surface area contributed by atoms with Crippen LogP contribution in [0.4, 0.5) is 10.5 Å². The SMILES string of the molecule is CN1CCCC(Oc2cc(N(Cc3ccccc3)C(=O)OC(C)(C)C)c3ncc(C4CC4)n3n2)C1. The number of imidazole rings is 1. The fourth-order valence-corrected chi connectivity index (χ4v) is 4.58. The van der Waals surface area contributed by atoms with Crippen LogP contribution in [0.1, 0.15) is 63.6 Å². The summed E-state index contributed by atoms with van der Waals surface area (Å²) in [6.07, 6.45) is 5.85. The maximum atomic E-state index is 13.5. The van der Waals surface area contributed by atoms with Crippen molar-refractivity contribution in [2.75, 3.05) is 25.0 Å². The van der Waals surface area contributed by atoms with Crippen LogP contribution < -0.4 is 9.64 Å². The molecule has 3 heterocycles. The van der Waals surface area contributed by atoms with Crippen LogP contribution in [-0.2, 0) is 11.3 Å². The Hall–Kier alpha value is -3.13. The third kappa shape index (κ3) is 5.59.